The van der Waals surface area contributed by atoms with Gasteiger partial charge in [0.25, 0.3) is 0 Å². The van der Waals surface area contributed by atoms with E-state index in [0.717, 1.165) is 70.6 Å². The highest BCUT2D eigenvalue weighted by Gasteiger charge is 2.54. The van der Waals surface area contributed by atoms with E-state index in [1.165, 1.54) is 250 Å². The molecule has 3 heterocycles. The Balaban J connectivity index is 1.33. The summed E-state index contributed by atoms with van der Waals surface area (Å²) in [7, 11) is 0. The highest BCUT2D eigenvalue weighted by Crippen LogP contribution is 2.34. The molecule has 19 heteroatoms. The summed E-state index contributed by atoms with van der Waals surface area (Å²) in [5, 5.41) is 121. The number of hydrogen-bond donors (Lipinski definition) is 12. The highest BCUT2D eigenvalue weighted by atomic mass is 16.8. The van der Waals surface area contributed by atoms with Crippen LogP contribution in [0.4, 0.5) is 0 Å². The average molecular weight is 1480 g/mol. The Morgan fingerprint density at radius 2 is 0.663 bits per heavy atom. The molecule has 12 N–H and O–H groups in total. The van der Waals surface area contributed by atoms with Crippen LogP contribution in [0, 0.1) is 0 Å². The second-order valence-corrected chi connectivity index (χ2v) is 30.6. The van der Waals surface area contributed by atoms with Gasteiger partial charge in [0.15, 0.2) is 18.9 Å². The Morgan fingerprint density at radius 1 is 0.356 bits per heavy atom. The van der Waals surface area contributed by atoms with Crippen LogP contribution in [-0.2, 0) is 33.2 Å². The van der Waals surface area contributed by atoms with E-state index >= 15 is 0 Å². The lowest BCUT2D eigenvalue weighted by atomic mass is 9.96. The molecule has 0 radical (unpaired) electrons. The zero-order valence-corrected chi connectivity index (χ0v) is 65.5. The Morgan fingerprint density at radius 3 is 1.04 bits per heavy atom. The van der Waals surface area contributed by atoms with Gasteiger partial charge in [-0.1, -0.05) is 345 Å². The Kier molecular flexibility index (Phi) is 60.4. The van der Waals surface area contributed by atoms with Crippen LogP contribution in [0.3, 0.4) is 0 Å². The van der Waals surface area contributed by atoms with Crippen LogP contribution in [-0.4, -0.2) is 193 Å². The molecule has 610 valence electrons. The summed E-state index contributed by atoms with van der Waals surface area (Å²) < 4.78 is 34.6. The van der Waals surface area contributed by atoms with Gasteiger partial charge in [0, 0.05) is 6.42 Å². The maximum absolute atomic E-state index is 13.5. The van der Waals surface area contributed by atoms with Gasteiger partial charge >= 0.3 is 0 Å². The van der Waals surface area contributed by atoms with Crippen molar-refractivity contribution in [3.8, 4) is 0 Å². The van der Waals surface area contributed by atoms with Crippen molar-refractivity contribution in [2.24, 2.45) is 0 Å². The summed E-state index contributed by atoms with van der Waals surface area (Å²) in [6, 6.07) is -0.888. The van der Waals surface area contributed by atoms with Crippen LogP contribution in [0.5, 0.6) is 0 Å². The van der Waals surface area contributed by atoms with E-state index in [1.807, 2.05) is 0 Å². The molecule has 0 aliphatic carbocycles. The van der Waals surface area contributed by atoms with Gasteiger partial charge in [0.05, 0.1) is 38.6 Å². The van der Waals surface area contributed by atoms with E-state index in [9.17, 15) is 61.0 Å². The topological polar surface area (TPSA) is 307 Å². The van der Waals surface area contributed by atoms with Gasteiger partial charge in [-0.2, -0.15) is 0 Å². The quantitative estimate of drug-likeness (QED) is 0.0199. The van der Waals surface area contributed by atoms with Crippen molar-refractivity contribution in [2.45, 2.75) is 458 Å². The first-order valence-corrected chi connectivity index (χ1v) is 42.9. The predicted molar refractivity (Wildman–Crippen MR) is 416 cm³/mol. The molecule has 0 aromatic heterocycles. The Hall–Kier alpha value is -2.25. The molecule has 17 atom stereocenters. The second-order valence-electron chi connectivity index (χ2n) is 30.6. The molecule has 19 nitrogen and oxygen atoms in total. The number of nitrogens with one attached hydrogen (secondary N) is 1. The summed E-state index contributed by atoms with van der Waals surface area (Å²) in [6.07, 6.45) is 56.3. The minimum absolute atomic E-state index is 0.236. The van der Waals surface area contributed by atoms with Crippen molar-refractivity contribution in [3.05, 3.63) is 48.6 Å². The molecule has 0 bridgehead atoms. The third-order valence-electron chi connectivity index (χ3n) is 21.4. The van der Waals surface area contributed by atoms with E-state index in [0.29, 0.717) is 12.8 Å². The van der Waals surface area contributed by atoms with Gasteiger partial charge in [-0.05, 0) is 51.4 Å². The van der Waals surface area contributed by atoms with Crippen molar-refractivity contribution in [2.75, 3.05) is 26.4 Å². The molecule has 0 spiro atoms. The summed E-state index contributed by atoms with van der Waals surface area (Å²) >= 11 is 0. The molecule has 1 amide bonds. The first-order valence-electron chi connectivity index (χ1n) is 42.9. The number of ether oxygens (including phenoxy) is 6. The average Bonchev–Trinajstić information content (AvgIpc) is 0.783. The second kappa shape index (κ2) is 65.5. The molecule has 17 unspecified atom stereocenters. The van der Waals surface area contributed by atoms with Gasteiger partial charge in [-0.3, -0.25) is 4.79 Å². The molecule has 104 heavy (non-hydrogen) atoms. The molecule has 0 saturated carbocycles. The SMILES string of the molecule is CC/C=C\C/C=C\C/C=C\C/C=C\CCCCCCCCCCCCCCCCCCCCCCC(=O)NC(COC1OC(CO)C(OC2OC(CO)C(OC3OC(CO)C(O)C(O)C3O)C(O)C2O)C(O)C1O)C(O)CCCCCCCCCCCCCCCCCCCCCCCCCCCC. The molecular formula is C85H157NO18. The van der Waals surface area contributed by atoms with E-state index in [-0.39, 0.29) is 18.9 Å². The monoisotopic (exact) mass is 1480 g/mol. The number of carbonyl (C=O) groups excluding carboxylic acids is 1. The molecule has 3 fully saturated rings. The van der Waals surface area contributed by atoms with E-state index < -0.39 is 124 Å². The predicted octanol–water partition coefficient (Wildman–Crippen LogP) is 15.2. The fraction of sp³-hybridized carbons (Fsp3) is 0.894. The number of allylic oxidation sites excluding steroid dienone is 8. The Bertz CT molecular complexity index is 2060. The Labute approximate surface area is 631 Å². The number of aliphatic hydroxyl groups excluding tert-OH is 11. The van der Waals surface area contributed by atoms with Crippen molar-refractivity contribution >= 4 is 5.91 Å². The van der Waals surface area contributed by atoms with Crippen LogP contribution in [0.15, 0.2) is 48.6 Å². The van der Waals surface area contributed by atoms with Crippen LogP contribution < -0.4 is 5.32 Å². The minimum Gasteiger partial charge on any atom is -0.394 e. The number of unbranched alkanes of at least 4 members (excludes halogenated alkanes) is 45. The minimum atomic E-state index is -1.97. The zero-order valence-electron chi connectivity index (χ0n) is 65.5. The molecule has 3 aliphatic heterocycles. The van der Waals surface area contributed by atoms with Gasteiger partial charge in [0.1, 0.15) is 73.2 Å². The van der Waals surface area contributed by atoms with E-state index in [4.69, 9.17) is 28.4 Å². The highest BCUT2D eigenvalue weighted by molar-refractivity contribution is 5.76. The number of amides is 1. The molecule has 3 saturated heterocycles. The lowest BCUT2D eigenvalue weighted by Crippen LogP contribution is -2.66. The molecule has 0 aromatic carbocycles. The fourth-order valence-corrected chi connectivity index (χ4v) is 14.6. The maximum Gasteiger partial charge on any atom is 0.220 e. The molecule has 3 aliphatic rings. The fourth-order valence-electron chi connectivity index (χ4n) is 14.6. The first-order chi connectivity index (χ1) is 50.8. The van der Waals surface area contributed by atoms with E-state index in [2.05, 4.69) is 67.8 Å². The molecule has 0 aromatic rings. The summed E-state index contributed by atoms with van der Waals surface area (Å²) in [5.74, 6) is -0.236. The lowest BCUT2D eigenvalue weighted by molar-refractivity contribution is -0.379. The summed E-state index contributed by atoms with van der Waals surface area (Å²) in [4.78, 5) is 13.5. The van der Waals surface area contributed by atoms with Gasteiger partial charge in [-0.25, -0.2) is 0 Å². The number of aliphatic hydroxyl groups is 11. The third kappa shape index (κ3) is 44.6. The summed E-state index contributed by atoms with van der Waals surface area (Å²) in [5.41, 5.74) is 0. The standard InChI is InChI=1S/C85H157NO18/c1-3-5-7-9-11-13-15-17-19-21-23-25-27-29-31-32-33-34-35-36-37-39-41-43-45-47-49-51-53-55-57-59-61-63-73(91)86-68(69(90)62-60-58-56-54-52-50-48-46-44-42-40-38-30-28-26-24-22-20-18-16-14-12-10-8-6-4-2)67-99-83-79(97)76(94)81(71(65-88)101-83)104-85-80(98)77(95)82(72(66-89)102-85)103-84-78(96)75(93)74(92)70(64-87)100-84/h5,7,11,13,17,19,23,25,68-72,74-85,87-90,92-98H,3-4,6,8-10,12,14-16,18,20-22,24,26-67H2,1-2H3,(H,86,91)/b7-5-,13-11-,19-17-,25-23-. The van der Waals surface area contributed by atoms with E-state index in [1.54, 1.807) is 0 Å². The molecular weight excluding hydrogens is 1320 g/mol. The third-order valence-corrected chi connectivity index (χ3v) is 21.4. The largest absolute Gasteiger partial charge is 0.394 e. The molecule has 3 rings (SSSR count). The van der Waals surface area contributed by atoms with Crippen molar-refractivity contribution in [3.63, 3.8) is 0 Å². The normalized spacial score (nSPS) is 26.1. The van der Waals surface area contributed by atoms with Crippen molar-refractivity contribution in [1.29, 1.82) is 0 Å². The van der Waals surface area contributed by atoms with Crippen LogP contribution in [0.2, 0.25) is 0 Å². The van der Waals surface area contributed by atoms with Gasteiger partial charge in [0.2, 0.25) is 5.91 Å². The van der Waals surface area contributed by atoms with Crippen LogP contribution in [0.1, 0.15) is 354 Å². The van der Waals surface area contributed by atoms with Crippen LogP contribution in [0.25, 0.3) is 0 Å². The van der Waals surface area contributed by atoms with Gasteiger partial charge < -0.3 is 89.9 Å². The van der Waals surface area contributed by atoms with Crippen molar-refractivity contribution in [1.82, 2.24) is 5.32 Å². The van der Waals surface area contributed by atoms with Gasteiger partial charge in [-0.15, -0.1) is 0 Å². The zero-order chi connectivity index (χ0) is 75.3. The smallest absolute Gasteiger partial charge is 0.220 e. The number of carbonyl (C=O) groups is 1. The van der Waals surface area contributed by atoms with Crippen molar-refractivity contribution < 1.29 is 89.4 Å². The number of rotatable bonds is 69. The maximum atomic E-state index is 13.5. The number of hydrogen-bond acceptors (Lipinski definition) is 18. The summed E-state index contributed by atoms with van der Waals surface area (Å²) in [6.45, 7) is 1.75. The van der Waals surface area contributed by atoms with Crippen LogP contribution >= 0.6 is 0 Å². The first kappa shape index (κ1) is 96.0. The lowest BCUT2D eigenvalue weighted by Gasteiger charge is -2.48.